The molecular weight excluding hydrogens is 507 g/mol. The summed E-state index contributed by atoms with van der Waals surface area (Å²) < 4.78 is 44.8. The molecule has 0 atom stereocenters. The molecule has 3 aromatic rings. The number of halogens is 1. The molecule has 0 bridgehead atoms. The molecule has 38 heavy (non-hydrogen) atoms. The van der Waals surface area contributed by atoms with Crippen molar-refractivity contribution in [2.75, 3.05) is 19.4 Å². The number of hydrogen-bond donors (Lipinski definition) is 1. The van der Waals surface area contributed by atoms with Gasteiger partial charge in [-0.05, 0) is 67.1 Å². The summed E-state index contributed by atoms with van der Waals surface area (Å²) in [5.41, 5.74) is 9.13. The molecule has 1 aliphatic heterocycles. The molecule has 1 heterocycles. The van der Waals surface area contributed by atoms with Crippen molar-refractivity contribution in [3.05, 3.63) is 93.8 Å². The number of rotatable bonds is 8. The maximum atomic E-state index is 15.0. The Morgan fingerprint density at radius 1 is 1.03 bits per heavy atom. The number of sulfone groups is 1. The van der Waals surface area contributed by atoms with Crippen LogP contribution < -0.4 is 10.5 Å². The van der Waals surface area contributed by atoms with Gasteiger partial charge in [0.1, 0.15) is 23.1 Å². The van der Waals surface area contributed by atoms with Gasteiger partial charge in [0.25, 0.3) is 5.91 Å². The lowest BCUT2D eigenvalue weighted by Gasteiger charge is -2.22. The summed E-state index contributed by atoms with van der Waals surface area (Å²) in [4.78, 5) is 25.9. The summed E-state index contributed by atoms with van der Waals surface area (Å²) >= 11 is 0. The molecule has 0 aliphatic carbocycles. The first-order valence-corrected chi connectivity index (χ1v) is 14.4. The Bertz CT molecular complexity index is 1470. The van der Waals surface area contributed by atoms with Crippen molar-refractivity contribution < 1.29 is 27.1 Å². The van der Waals surface area contributed by atoms with Gasteiger partial charge in [-0.1, -0.05) is 31.2 Å². The number of nitrogens with two attached hydrogens (primary N) is 1. The maximum Gasteiger partial charge on any atom is 0.254 e. The van der Waals surface area contributed by atoms with Gasteiger partial charge in [-0.2, -0.15) is 0 Å². The summed E-state index contributed by atoms with van der Waals surface area (Å²) in [6, 6.07) is 15.8. The van der Waals surface area contributed by atoms with E-state index in [0.717, 1.165) is 42.2 Å². The molecule has 9 heteroatoms. The molecule has 0 unspecified atom stereocenters. The molecule has 0 saturated heterocycles. The number of amides is 2. The van der Waals surface area contributed by atoms with Crippen LogP contribution in [0.4, 0.5) is 4.39 Å². The van der Waals surface area contributed by atoms with Crippen LogP contribution in [0, 0.1) is 5.82 Å². The van der Waals surface area contributed by atoms with Gasteiger partial charge >= 0.3 is 0 Å². The molecule has 0 aromatic heterocycles. The first-order chi connectivity index (χ1) is 18.1. The van der Waals surface area contributed by atoms with Gasteiger partial charge in [-0.15, -0.1) is 0 Å². The van der Waals surface area contributed by atoms with Crippen LogP contribution in [0.1, 0.15) is 56.3 Å². The van der Waals surface area contributed by atoms with Gasteiger partial charge in [0.15, 0.2) is 9.84 Å². The Labute approximate surface area is 222 Å². The van der Waals surface area contributed by atoms with Crippen molar-refractivity contribution in [2.45, 2.75) is 44.0 Å². The third kappa shape index (κ3) is 6.05. The second kappa shape index (κ2) is 11.3. The molecule has 0 saturated carbocycles. The zero-order chi connectivity index (χ0) is 27.4. The van der Waals surface area contributed by atoms with Crippen LogP contribution in [0.3, 0.4) is 0 Å². The highest BCUT2D eigenvalue weighted by atomic mass is 32.2. The van der Waals surface area contributed by atoms with E-state index < -0.39 is 26.5 Å². The van der Waals surface area contributed by atoms with E-state index in [1.54, 1.807) is 24.0 Å². The quantitative estimate of drug-likeness (QED) is 0.465. The Morgan fingerprint density at radius 3 is 2.37 bits per heavy atom. The first kappa shape index (κ1) is 27.3. The van der Waals surface area contributed by atoms with Crippen LogP contribution in [0.15, 0.2) is 59.5 Å². The molecule has 0 radical (unpaired) electrons. The van der Waals surface area contributed by atoms with Crippen LogP contribution >= 0.6 is 0 Å². The molecule has 3 aromatic carbocycles. The molecule has 2 N–H and O–H groups in total. The molecule has 2 amide bonds. The predicted octanol–water partition coefficient (Wildman–Crippen LogP) is 4.10. The molecule has 0 spiro atoms. The SMILES string of the molecule is CCc1c(C(=O)N2CCOc3ccc(CCCc4ccc(C(N)=O)cc4)cc3C2)ccc(S(C)(=O)=O)c1F. The summed E-state index contributed by atoms with van der Waals surface area (Å²) in [5, 5.41) is 0. The zero-order valence-corrected chi connectivity index (χ0v) is 22.3. The van der Waals surface area contributed by atoms with Gasteiger partial charge in [-0.3, -0.25) is 9.59 Å². The standard InChI is InChI=1S/C29H31FN2O5S/c1-3-23-24(12-14-26(27(23)30)38(2,35)36)29(34)32-15-16-37-25-13-9-20(17-22(25)18-32)6-4-5-19-7-10-21(11-8-19)28(31)33/h7-14,17H,3-6,15-16,18H2,1-2H3,(H2,31,33). The summed E-state index contributed by atoms with van der Waals surface area (Å²) in [5.74, 6) is -0.959. The lowest BCUT2D eigenvalue weighted by atomic mass is 10.0. The Morgan fingerprint density at radius 2 is 1.71 bits per heavy atom. The van der Waals surface area contributed by atoms with Crippen molar-refractivity contribution in [3.63, 3.8) is 0 Å². The largest absolute Gasteiger partial charge is 0.491 e. The van der Waals surface area contributed by atoms with Crippen molar-refractivity contribution in [3.8, 4) is 5.75 Å². The average molecular weight is 539 g/mol. The highest BCUT2D eigenvalue weighted by Gasteiger charge is 2.27. The number of carbonyl (C=O) groups is 2. The number of fused-ring (bicyclic) bond motifs is 1. The number of primary amides is 1. The first-order valence-electron chi connectivity index (χ1n) is 12.5. The molecule has 4 rings (SSSR count). The number of benzene rings is 3. The second-order valence-electron chi connectivity index (χ2n) is 9.46. The summed E-state index contributed by atoms with van der Waals surface area (Å²) in [6.45, 7) is 2.61. The van der Waals surface area contributed by atoms with Gasteiger partial charge in [0, 0.05) is 35.1 Å². The van der Waals surface area contributed by atoms with Crippen LogP contribution in [-0.4, -0.2) is 44.5 Å². The highest BCUT2D eigenvalue weighted by Crippen LogP contribution is 2.28. The van der Waals surface area contributed by atoms with E-state index in [1.165, 1.54) is 12.1 Å². The number of carbonyl (C=O) groups excluding carboxylic acids is 2. The fourth-order valence-electron chi connectivity index (χ4n) is 4.71. The maximum absolute atomic E-state index is 15.0. The fourth-order valence-corrected chi connectivity index (χ4v) is 5.48. The van der Waals surface area contributed by atoms with E-state index in [9.17, 15) is 18.0 Å². The van der Waals surface area contributed by atoms with Crippen molar-refractivity contribution in [1.29, 1.82) is 0 Å². The lowest BCUT2D eigenvalue weighted by Crippen LogP contribution is -2.33. The monoisotopic (exact) mass is 538 g/mol. The van der Waals surface area contributed by atoms with Gasteiger partial charge in [0.05, 0.1) is 6.54 Å². The van der Waals surface area contributed by atoms with Crippen LogP contribution in [-0.2, 0) is 35.6 Å². The Kier molecular flexibility index (Phi) is 8.16. The van der Waals surface area contributed by atoms with Gasteiger partial charge < -0.3 is 15.4 Å². The summed E-state index contributed by atoms with van der Waals surface area (Å²) in [6.07, 6.45) is 3.69. The number of aryl methyl sites for hydroxylation is 2. The normalized spacial score (nSPS) is 13.4. The number of hydrogen-bond acceptors (Lipinski definition) is 5. The fraction of sp³-hybridized carbons (Fsp3) is 0.310. The van der Waals surface area contributed by atoms with Crippen LogP contribution in [0.2, 0.25) is 0 Å². The number of ether oxygens (including phenoxy) is 1. The summed E-state index contributed by atoms with van der Waals surface area (Å²) in [7, 11) is -3.75. The van der Waals surface area contributed by atoms with Crippen LogP contribution in [0.25, 0.3) is 0 Å². The lowest BCUT2D eigenvalue weighted by molar-refractivity contribution is 0.0731. The second-order valence-corrected chi connectivity index (χ2v) is 11.4. The molecule has 1 aliphatic rings. The van der Waals surface area contributed by atoms with E-state index in [1.807, 2.05) is 30.3 Å². The Balaban J connectivity index is 1.48. The average Bonchev–Trinajstić information content (AvgIpc) is 3.09. The molecular formula is C29H31FN2O5S. The van der Waals surface area contributed by atoms with E-state index >= 15 is 4.39 Å². The van der Waals surface area contributed by atoms with E-state index in [2.05, 4.69) is 0 Å². The van der Waals surface area contributed by atoms with Crippen molar-refractivity contribution in [2.24, 2.45) is 5.73 Å². The van der Waals surface area contributed by atoms with Crippen molar-refractivity contribution >= 4 is 21.7 Å². The van der Waals surface area contributed by atoms with E-state index in [0.29, 0.717) is 31.0 Å². The minimum atomic E-state index is -3.75. The van der Waals surface area contributed by atoms with Crippen molar-refractivity contribution in [1.82, 2.24) is 4.90 Å². The predicted molar refractivity (Wildman–Crippen MR) is 143 cm³/mol. The van der Waals surface area contributed by atoms with Gasteiger partial charge in [0.2, 0.25) is 5.91 Å². The van der Waals surface area contributed by atoms with Gasteiger partial charge in [-0.25, -0.2) is 12.8 Å². The highest BCUT2D eigenvalue weighted by molar-refractivity contribution is 7.90. The topological polar surface area (TPSA) is 107 Å². The smallest absolute Gasteiger partial charge is 0.254 e. The third-order valence-electron chi connectivity index (χ3n) is 6.75. The molecule has 200 valence electrons. The van der Waals surface area contributed by atoms with E-state index in [4.69, 9.17) is 10.5 Å². The minimum Gasteiger partial charge on any atom is -0.491 e. The molecule has 0 fully saturated rings. The zero-order valence-electron chi connectivity index (χ0n) is 21.5. The number of nitrogens with zero attached hydrogens (tertiary/aromatic N) is 1. The Hall–Kier alpha value is -3.72. The molecule has 7 nitrogen and oxygen atoms in total. The minimum absolute atomic E-state index is 0.0981. The van der Waals surface area contributed by atoms with E-state index in [-0.39, 0.29) is 23.5 Å². The third-order valence-corrected chi connectivity index (χ3v) is 7.87. The van der Waals surface area contributed by atoms with Crippen LogP contribution in [0.5, 0.6) is 5.75 Å².